The Balaban J connectivity index is 0.00000176. The molecule has 110 valence electrons. The summed E-state index contributed by atoms with van der Waals surface area (Å²) in [7, 11) is 0. The van der Waals surface area contributed by atoms with Gasteiger partial charge in [0, 0.05) is 74.3 Å². The molecule has 0 fully saturated rings. The molecular formula is C16H10N4PtS. The van der Waals surface area contributed by atoms with Crippen molar-refractivity contribution in [1.82, 2.24) is 15.0 Å². The van der Waals surface area contributed by atoms with Crippen molar-refractivity contribution in [2.24, 2.45) is 0 Å². The summed E-state index contributed by atoms with van der Waals surface area (Å²) in [5.74, 6) is 0. The van der Waals surface area contributed by atoms with Crippen molar-refractivity contribution in [3.63, 3.8) is 0 Å². The van der Waals surface area contributed by atoms with E-state index in [1.165, 1.54) is 0 Å². The van der Waals surface area contributed by atoms with Crippen molar-refractivity contribution in [3.05, 3.63) is 61.2 Å². The Labute approximate surface area is 146 Å². The zero-order valence-corrected chi connectivity index (χ0v) is 14.4. The summed E-state index contributed by atoms with van der Waals surface area (Å²) in [5, 5.41) is 11.6. The van der Waals surface area contributed by atoms with Gasteiger partial charge in [0.2, 0.25) is 0 Å². The van der Waals surface area contributed by atoms with E-state index in [0.717, 1.165) is 34.1 Å². The second-order valence-electron chi connectivity index (χ2n) is 4.19. The maximum absolute atomic E-state index is 8.92. The zero-order valence-electron chi connectivity index (χ0n) is 11.3. The van der Waals surface area contributed by atoms with Crippen LogP contribution in [0.3, 0.4) is 0 Å². The van der Waals surface area contributed by atoms with Crippen LogP contribution in [-0.2, 0) is 21.1 Å². The molecule has 0 aliphatic rings. The molecule has 0 aliphatic heterocycles. The molecule has 3 aromatic heterocycles. The molecule has 0 bridgehead atoms. The molecule has 0 radical (unpaired) electrons. The molecule has 0 aliphatic carbocycles. The van der Waals surface area contributed by atoms with Gasteiger partial charge < -0.3 is 0 Å². The molecule has 0 amide bonds. The van der Waals surface area contributed by atoms with Crippen molar-refractivity contribution in [2.75, 3.05) is 0 Å². The summed E-state index contributed by atoms with van der Waals surface area (Å²) in [4.78, 5) is 12.9. The SMILES string of the molecule is N#CSc1ncccc1-c1ncccc1-c1cccnc1.[Pt]. The molecule has 0 unspecified atom stereocenters. The van der Waals surface area contributed by atoms with Crippen molar-refractivity contribution in [3.8, 4) is 27.8 Å². The third kappa shape index (κ3) is 3.41. The first-order valence-electron chi connectivity index (χ1n) is 6.27. The molecule has 0 saturated heterocycles. The molecule has 3 rings (SSSR count). The molecule has 6 heteroatoms. The van der Waals surface area contributed by atoms with Crippen LogP contribution < -0.4 is 0 Å². The molecule has 0 saturated carbocycles. The molecule has 3 aromatic rings. The molecule has 4 nitrogen and oxygen atoms in total. The van der Waals surface area contributed by atoms with Crippen LogP contribution in [0.25, 0.3) is 22.4 Å². The smallest absolute Gasteiger partial charge is 0.140 e. The van der Waals surface area contributed by atoms with E-state index in [0.29, 0.717) is 5.03 Å². The first-order chi connectivity index (χ1) is 10.4. The average Bonchev–Trinajstić information content (AvgIpc) is 2.57. The third-order valence-corrected chi connectivity index (χ3v) is 3.56. The molecule has 22 heavy (non-hydrogen) atoms. The van der Waals surface area contributed by atoms with Crippen molar-refractivity contribution < 1.29 is 21.1 Å². The fourth-order valence-electron chi connectivity index (χ4n) is 2.07. The standard InChI is InChI=1S/C16H10N4S.Pt/c17-11-21-16-14(6-3-9-20-16)15-13(5-2-8-19-15)12-4-1-7-18-10-12;/h1-10H;. The summed E-state index contributed by atoms with van der Waals surface area (Å²) < 4.78 is 0. The minimum absolute atomic E-state index is 0. The van der Waals surface area contributed by atoms with Gasteiger partial charge in [-0.15, -0.1) is 0 Å². The Morgan fingerprint density at radius 3 is 2.36 bits per heavy atom. The molecule has 0 atom stereocenters. The van der Waals surface area contributed by atoms with Gasteiger partial charge in [-0.25, -0.2) is 4.98 Å². The number of rotatable bonds is 3. The monoisotopic (exact) mass is 485 g/mol. The molecule has 0 N–H and O–H groups in total. The number of aromatic nitrogens is 3. The number of hydrogen-bond acceptors (Lipinski definition) is 5. The first kappa shape index (κ1) is 16.4. The van der Waals surface area contributed by atoms with Gasteiger partial charge in [-0.1, -0.05) is 12.1 Å². The fourth-order valence-corrected chi connectivity index (χ4v) is 2.55. The molecule has 3 heterocycles. The van der Waals surface area contributed by atoms with Gasteiger partial charge >= 0.3 is 0 Å². The second kappa shape index (κ2) is 7.84. The van der Waals surface area contributed by atoms with Gasteiger partial charge in [-0.3, -0.25) is 9.97 Å². The summed E-state index contributed by atoms with van der Waals surface area (Å²) in [5.41, 5.74) is 3.61. The number of thioether (sulfide) groups is 1. The Hall–Kier alpha value is -2.02. The van der Waals surface area contributed by atoms with Crippen LogP contribution in [0, 0.1) is 10.7 Å². The quantitative estimate of drug-likeness (QED) is 0.418. The van der Waals surface area contributed by atoms with E-state index in [1.807, 2.05) is 36.4 Å². The average molecular weight is 485 g/mol. The van der Waals surface area contributed by atoms with Crippen LogP contribution in [0.2, 0.25) is 0 Å². The van der Waals surface area contributed by atoms with E-state index in [1.54, 1.807) is 24.8 Å². The van der Waals surface area contributed by atoms with Gasteiger partial charge in [0.05, 0.1) is 5.69 Å². The Morgan fingerprint density at radius 1 is 0.909 bits per heavy atom. The van der Waals surface area contributed by atoms with Crippen LogP contribution in [0.4, 0.5) is 0 Å². The normalized spacial score (nSPS) is 9.59. The Kier molecular flexibility index (Phi) is 5.82. The van der Waals surface area contributed by atoms with Crippen molar-refractivity contribution in [2.45, 2.75) is 5.03 Å². The second-order valence-corrected chi connectivity index (χ2v) is 4.96. The molecule has 0 spiro atoms. The third-order valence-electron chi connectivity index (χ3n) is 2.95. The summed E-state index contributed by atoms with van der Waals surface area (Å²) in [6, 6.07) is 11.5. The number of hydrogen-bond donors (Lipinski definition) is 0. The van der Waals surface area contributed by atoms with E-state index in [4.69, 9.17) is 5.26 Å². The minimum atomic E-state index is 0. The minimum Gasteiger partial charge on any atom is -0.264 e. The van der Waals surface area contributed by atoms with E-state index in [9.17, 15) is 0 Å². The van der Waals surface area contributed by atoms with E-state index in [2.05, 4.69) is 20.4 Å². The van der Waals surface area contributed by atoms with Gasteiger partial charge in [0.25, 0.3) is 0 Å². The van der Waals surface area contributed by atoms with Crippen LogP contribution in [0.15, 0.2) is 66.2 Å². The van der Waals surface area contributed by atoms with Crippen LogP contribution in [0.1, 0.15) is 0 Å². The summed E-state index contributed by atoms with van der Waals surface area (Å²) in [6.45, 7) is 0. The van der Waals surface area contributed by atoms with Gasteiger partial charge in [0.1, 0.15) is 10.4 Å². The van der Waals surface area contributed by atoms with Gasteiger partial charge in [-0.05, 0) is 24.3 Å². The van der Waals surface area contributed by atoms with E-state index >= 15 is 0 Å². The summed E-state index contributed by atoms with van der Waals surface area (Å²) in [6.07, 6.45) is 6.95. The molecule has 0 aromatic carbocycles. The van der Waals surface area contributed by atoms with Crippen LogP contribution in [-0.4, -0.2) is 15.0 Å². The predicted molar refractivity (Wildman–Crippen MR) is 82.2 cm³/mol. The van der Waals surface area contributed by atoms with E-state index < -0.39 is 0 Å². The number of nitriles is 1. The maximum Gasteiger partial charge on any atom is 0.140 e. The number of nitrogens with zero attached hydrogens (tertiary/aromatic N) is 4. The Bertz CT molecular complexity index is 802. The van der Waals surface area contributed by atoms with E-state index in [-0.39, 0.29) is 21.1 Å². The number of thiocyanates is 1. The zero-order chi connectivity index (χ0) is 14.5. The number of pyridine rings is 3. The van der Waals surface area contributed by atoms with Crippen LogP contribution >= 0.6 is 11.8 Å². The molecular weight excluding hydrogens is 475 g/mol. The van der Waals surface area contributed by atoms with Crippen LogP contribution in [0.5, 0.6) is 0 Å². The topological polar surface area (TPSA) is 62.5 Å². The maximum atomic E-state index is 8.92. The van der Waals surface area contributed by atoms with Gasteiger partial charge in [-0.2, -0.15) is 5.26 Å². The fraction of sp³-hybridized carbons (Fsp3) is 0. The first-order valence-corrected chi connectivity index (χ1v) is 7.08. The van der Waals surface area contributed by atoms with Crippen molar-refractivity contribution in [1.29, 1.82) is 5.26 Å². The van der Waals surface area contributed by atoms with Crippen molar-refractivity contribution >= 4 is 11.8 Å². The van der Waals surface area contributed by atoms with Gasteiger partial charge in [0.15, 0.2) is 0 Å². The Morgan fingerprint density at radius 2 is 1.64 bits per heavy atom. The predicted octanol–water partition coefficient (Wildman–Crippen LogP) is 3.78. The summed E-state index contributed by atoms with van der Waals surface area (Å²) >= 11 is 1.04. The largest absolute Gasteiger partial charge is 0.264 e.